The van der Waals surface area contributed by atoms with Crippen LogP contribution in [-0.4, -0.2) is 23.9 Å². The van der Waals surface area contributed by atoms with Crippen molar-refractivity contribution in [3.63, 3.8) is 0 Å². The van der Waals surface area contributed by atoms with E-state index in [-0.39, 0.29) is 12.1 Å². The highest BCUT2D eigenvalue weighted by Gasteiger charge is 2.32. The largest absolute Gasteiger partial charge is 0.416 e. The minimum absolute atomic E-state index is 0.0421. The van der Waals surface area contributed by atoms with Gasteiger partial charge >= 0.3 is 12.2 Å². The second-order valence-electron chi connectivity index (χ2n) is 4.35. The van der Waals surface area contributed by atoms with Crippen LogP contribution in [0.15, 0.2) is 24.3 Å². The number of nitrogens with one attached hydrogen (secondary N) is 3. The van der Waals surface area contributed by atoms with Crippen molar-refractivity contribution in [2.24, 2.45) is 0 Å². The molecule has 21 heavy (non-hydrogen) atoms. The summed E-state index contributed by atoms with van der Waals surface area (Å²) < 4.78 is 37.5. The van der Waals surface area contributed by atoms with Crippen LogP contribution >= 0.6 is 0 Å². The molecule has 1 saturated heterocycles. The van der Waals surface area contributed by atoms with Gasteiger partial charge in [-0.2, -0.15) is 13.2 Å². The summed E-state index contributed by atoms with van der Waals surface area (Å²) in [4.78, 5) is 33.8. The highest BCUT2D eigenvalue weighted by Crippen LogP contribution is 2.30. The van der Waals surface area contributed by atoms with Crippen LogP contribution in [0.1, 0.15) is 12.0 Å². The molecule has 3 N–H and O–H groups in total. The molecule has 9 heteroatoms. The van der Waals surface area contributed by atoms with Crippen LogP contribution in [0, 0.1) is 0 Å². The van der Waals surface area contributed by atoms with Gasteiger partial charge in [0.05, 0.1) is 12.0 Å². The first-order valence-electron chi connectivity index (χ1n) is 5.84. The maximum absolute atomic E-state index is 12.5. The summed E-state index contributed by atoms with van der Waals surface area (Å²) in [6.07, 6.45) is -4.88. The molecule has 0 radical (unpaired) electrons. The zero-order valence-corrected chi connectivity index (χ0v) is 10.5. The molecule has 1 aliphatic heterocycles. The zero-order valence-electron chi connectivity index (χ0n) is 10.5. The van der Waals surface area contributed by atoms with Crippen LogP contribution in [0.2, 0.25) is 0 Å². The topological polar surface area (TPSA) is 87.3 Å². The number of benzene rings is 1. The second kappa shape index (κ2) is 5.43. The molecule has 6 nitrogen and oxygen atoms in total. The van der Waals surface area contributed by atoms with Gasteiger partial charge in [0.25, 0.3) is 5.91 Å². The lowest BCUT2D eigenvalue weighted by atomic mass is 10.1. The molecule has 112 valence electrons. The molecule has 4 amide bonds. The number of rotatable bonds is 3. The van der Waals surface area contributed by atoms with Crippen molar-refractivity contribution in [2.75, 3.05) is 5.32 Å². The lowest BCUT2D eigenvalue weighted by Gasteiger charge is -2.11. The van der Waals surface area contributed by atoms with E-state index in [4.69, 9.17) is 0 Å². The van der Waals surface area contributed by atoms with Crippen molar-refractivity contribution in [2.45, 2.75) is 18.6 Å². The average molecular weight is 301 g/mol. The van der Waals surface area contributed by atoms with E-state index in [2.05, 4.69) is 10.6 Å². The van der Waals surface area contributed by atoms with E-state index in [1.807, 2.05) is 5.32 Å². The van der Waals surface area contributed by atoms with Gasteiger partial charge in [0.2, 0.25) is 5.91 Å². The maximum Gasteiger partial charge on any atom is 0.416 e. The molecule has 0 spiro atoms. The number of alkyl halides is 3. The number of hydrogen-bond acceptors (Lipinski definition) is 3. The standard InChI is InChI=1S/C12H10F3N3O3/c13-12(14,15)6-2-1-3-7(4-6)16-9(19)5-8-10(20)18-11(21)17-8/h1-4,8H,5H2,(H,16,19)(H2,17,18,20,21). The fraction of sp³-hybridized carbons (Fsp3) is 0.250. The van der Waals surface area contributed by atoms with Crippen LogP contribution in [0.5, 0.6) is 0 Å². The predicted molar refractivity (Wildman–Crippen MR) is 65.2 cm³/mol. The van der Waals surface area contributed by atoms with Crippen LogP contribution in [0.25, 0.3) is 0 Å². The predicted octanol–water partition coefficient (Wildman–Crippen LogP) is 1.24. The fourth-order valence-corrected chi connectivity index (χ4v) is 1.77. The average Bonchev–Trinajstić information content (AvgIpc) is 2.67. The molecule has 1 aliphatic rings. The first-order chi connectivity index (χ1) is 9.75. The smallest absolute Gasteiger partial charge is 0.326 e. The van der Waals surface area contributed by atoms with Crippen molar-refractivity contribution in [1.29, 1.82) is 0 Å². The van der Waals surface area contributed by atoms with E-state index in [0.29, 0.717) is 0 Å². The number of anilines is 1. The number of halogens is 3. The van der Waals surface area contributed by atoms with Gasteiger partial charge < -0.3 is 10.6 Å². The highest BCUT2D eigenvalue weighted by atomic mass is 19.4. The van der Waals surface area contributed by atoms with E-state index in [1.54, 1.807) is 0 Å². The minimum atomic E-state index is -4.51. The van der Waals surface area contributed by atoms with Gasteiger partial charge in [-0.1, -0.05) is 6.07 Å². The number of amides is 4. The molecule has 1 atom stereocenters. The minimum Gasteiger partial charge on any atom is -0.326 e. The molecular formula is C12H10F3N3O3. The van der Waals surface area contributed by atoms with Gasteiger partial charge in [0.15, 0.2) is 0 Å². The Hall–Kier alpha value is -2.58. The normalized spacial score (nSPS) is 18.1. The van der Waals surface area contributed by atoms with E-state index in [9.17, 15) is 27.6 Å². The van der Waals surface area contributed by atoms with Crippen molar-refractivity contribution in [3.8, 4) is 0 Å². The summed E-state index contributed by atoms with van der Waals surface area (Å²) in [7, 11) is 0. The highest BCUT2D eigenvalue weighted by molar-refractivity contribution is 6.06. The van der Waals surface area contributed by atoms with Gasteiger partial charge in [-0.25, -0.2) is 4.79 Å². The lowest BCUT2D eigenvalue weighted by Crippen LogP contribution is -2.33. The number of urea groups is 1. The van der Waals surface area contributed by atoms with Crippen molar-refractivity contribution >= 4 is 23.5 Å². The molecule has 0 bridgehead atoms. The molecular weight excluding hydrogens is 291 g/mol. The molecule has 0 aliphatic carbocycles. The zero-order chi connectivity index (χ0) is 15.6. The van der Waals surface area contributed by atoms with Crippen molar-refractivity contribution < 1.29 is 27.6 Å². The summed E-state index contributed by atoms with van der Waals surface area (Å²) in [5, 5.41) is 6.41. The quantitative estimate of drug-likeness (QED) is 0.734. The van der Waals surface area contributed by atoms with Crippen molar-refractivity contribution in [3.05, 3.63) is 29.8 Å². The number of hydrogen-bond donors (Lipinski definition) is 3. The third-order valence-electron chi connectivity index (χ3n) is 2.72. The fourth-order valence-electron chi connectivity index (χ4n) is 1.77. The first kappa shape index (κ1) is 14.8. The van der Waals surface area contributed by atoms with E-state index in [1.165, 1.54) is 6.07 Å². The monoisotopic (exact) mass is 301 g/mol. The Balaban J connectivity index is 2.00. The Labute approximate surface area is 116 Å². The Morgan fingerprint density at radius 2 is 2.00 bits per heavy atom. The Kier molecular flexibility index (Phi) is 3.83. The molecule has 0 saturated carbocycles. The molecule has 1 aromatic carbocycles. The molecule has 1 heterocycles. The third kappa shape index (κ3) is 3.71. The van der Waals surface area contributed by atoms with Gasteiger partial charge in [-0.05, 0) is 18.2 Å². The Morgan fingerprint density at radius 1 is 1.29 bits per heavy atom. The summed E-state index contributed by atoms with van der Waals surface area (Å²) in [5.41, 5.74) is -0.938. The number of imide groups is 1. The van der Waals surface area contributed by atoms with Crippen molar-refractivity contribution in [1.82, 2.24) is 10.6 Å². The summed E-state index contributed by atoms with van der Waals surface area (Å²) >= 11 is 0. The summed E-state index contributed by atoms with van der Waals surface area (Å²) in [6, 6.07) is 2.37. The molecule has 1 unspecified atom stereocenters. The number of carbonyl (C=O) groups is 3. The van der Waals surface area contributed by atoms with Gasteiger partial charge in [-0.3, -0.25) is 14.9 Å². The molecule has 2 rings (SSSR count). The van der Waals surface area contributed by atoms with E-state index < -0.39 is 35.6 Å². The van der Waals surface area contributed by atoms with Crippen LogP contribution in [-0.2, 0) is 15.8 Å². The summed E-state index contributed by atoms with van der Waals surface area (Å²) in [6.45, 7) is 0. The molecule has 1 aromatic rings. The van der Waals surface area contributed by atoms with Crippen LogP contribution < -0.4 is 16.0 Å². The van der Waals surface area contributed by atoms with Gasteiger partial charge in [0, 0.05) is 5.69 Å². The van der Waals surface area contributed by atoms with Gasteiger partial charge in [0.1, 0.15) is 6.04 Å². The molecule has 1 fully saturated rings. The van der Waals surface area contributed by atoms with Crippen LogP contribution in [0.3, 0.4) is 0 Å². The van der Waals surface area contributed by atoms with Crippen LogP contribution in [0.4, 0.5) is 23.7 Å². The SMILES string of the molecule is O=C(CC1NC(=O)NC1=O)Nc1cccc(C(F)(F)F)c1. The maximum atomic E-state index is 12.5. The van der Waals surface area contributed by atoms with E-state index >= 15 is 0 Å². The first-order valence-corrected chi connectivity index (χ1v) is 5.84. The number of carbonyl (C=O) groups excluding carboxylic acids is 3. The van der Waals surface area contributed by atoms with Gasteiger partial charge in [-0.15, -0.1) is 0 Å². The summed E-state index contributed by atoms with van der Waals surface area (Å²) in [5.74, 6) is -1.34. The second-order valence-corrected chi connectivity index (χ2v) is 4.35. The van der Waals surface area contributed by atoms with E-state index in [0.717, 1.165) is 18.2 Å². The molecule has 0 aromatic heterocycles. The Morgan fingerprint density at radius 3 is 2.57 bits per heavy atom. The third-order valence-corrected chi connectivity index (χ3v) is 2.72. The Bertz CT molecular complexity index is 601. The lowest BCUT2D eigenvalue weighted by molar-refractivity contribution is -0.137.